The van der Waals surface area contributed by atoms with Gasteiger partial charge >= 0.3 is 0 Å². The van der Waals surface area contributed by atoms with E-state index in [9.17, 15) is 0 Å². The molecule has 0 aliphatic heterocycles. The zero-order valence-electron chi connectivity index (χ0n) is 9.95. The number of rotatable bonds is 3. The number of hydrogen-bond donors (Lipinski definition) is 1. The van der Waals surface area contributed by atoms with Gasteiger partial charge in [-0.05, 0) is 17.7 Å². The van der Waals surface area contributed by atoms with E-state index < -0.39 is 0 Å². The molecule has 0 saturated carbocycles. The highest BCUT2D eigenvalue weighted by Gasteiger charge is 2.00. The minimum absolute atomic E-state index is 0.475. The van der Waals surface area contributed by atoms with Crippen LogP contribution in [0.25, 0.3) is 10.9 Å². The molecule has 0 radical (unpaired) electrons. The SMILES string of the molecule is NCc1cn(Cc2cnc3ccccc3c2)cn1. The van der Waals surface area contributed by atoms with E-state index in [1.165, 1.54) is 0 Å². The topological polar surface area (TPSA) is 56.7 Å². The van der Waals surface area contributed by atoms with Gasteiger partial charge in [0, 0.05) is 24.3 Å². The number of hydrogen-bond acceptors (Lipinski definition) is 3. The Hall–Kier alpha value is -2.20. The van der Waals surface area contributed by atoms with Crippen LogP contribution in [-0.2, 0) is 13.1 Å². The maximum atomic E-state index is 5.54. The average molecular weight is 238 g/mol. The molecule has 0 saturated heterocycles. The van der Waals surface area contributed by atoms with Gasteiger partial charge < -0.3 is 10.3 Å². The number of fused-ring (bicyclic) bond motifs is 1. The number of nitrogens with zero attached hydrogens (tertiary/aromatic N) is 3. The highest BCUT2D eigenvalue weighted by Crippen LogP contribution is 2.13. The fourth-order valence-corrected chi connectivity index (χ4v) is 2.01. The van der Waals surface area contributed by atoms with Crippen molar-refractivity contribution in [2.24, 2.45) is 5.73 Å². The van der Waals surface area contributed by atoms with Gasteiger partial charge in [0.1, 0.15) is 0 Å². The minimum Gasteiger partial charge on any atom is -0.333 e. The third-order valence-corrected chi connectivity index (χ3v) is 2.91. The zero-order chi connectivity index (χ0) is 12.4. The largest absolute Gasteiger partial charge is 0.333 e. The molecule has 2 N–H and O–H groups in total. The summed E-state index contributed by atoms with van der Waals surface area (Å²) < 4.78 is 2.02. The molecule has 90 valence electrons. The monoisotopic (exact) mass is 238 g/mol. The van der Waals surface area contributed by atoms with Gasteiger partial charge in [0.05, 0.1) is 24.1 Å². The quantitative estimate of drug-likeness (QED) is 0.758. The van der Waals surface area contributed by atoms with Gasteiger partial charge in [0.25, 0.3) is 0 Å². The van der Waals surface area contributed by atoms with Crippen molar-refractivity contribution in [2.45, 2.75) is 13.1 Å². The van der Waals surface area contributed by atoms with Crippen LogP contribution in [0.5, 0.6) is 0 Å². The average Bonchev–Trinajstić information content (AvgIpc) is 2.86. The first-order chi connectivity index (χ1) is 8.85. The molecule has 4 nitrogen and oxygen atoms in total. The Morgan fingerprint density at radius 2 is 2.06 bits per heavy atom. The summed E-state index contributed by atoms with van der Waals surface area (Å²) in [6.07, 6.45) is 5.68. The van der Waals surface area contributed by atoms with Crippen molar-refractivity contribution in [1.82, 2.24) is 14.5 Å². The lowest BCUT2D eigenvalue weighted by Gasteiger charge is -2.03. The fraction of sp³-hybridized carbons (Fsp3) is 0.143. The highest BCUT2D eigenvalue weighted by molar-refractivity contribution is 5.78. The Balaban J connectivity index is 1.90. The predicted molar refractivity (Wildman–Crippen MR) is 71.0 cm³/mol. The van der Waals surface area contributed by atoms with Crippen molar-refractivity contribution in [3.05, 3.63) is 60.3 Å². The van der Waals surface area contributed by atoms with Gasteiger partial charge in [-0.25, -0.2) is 4.98 Å². The molecule has 0 aliphatic carbocycles. The van der Waals surface area contributed by atoms with Crippen LogP contribution in [0.4, 0.5) is 0 Å². The molecule has 0 spiro atoms. The van der Waals surface area contributed by atoms with Gasteiger partial charge in [-0.2, -0.15) is 0 Å². The number of nitrogens with two attached hydrogens (primary N) is 1. The molecule has 0 fully saturated rings. The highest BCUT2D eigenvalue weighted by atomic mass is 15.0. The second-order valence-corrected chi connectivity index (χ2v) is 4.28. The van der Waals surface area contributed by atoms with Crippen molar-refractivity contribution in [1.29, 1.82) is 0 Å². The Kier molecular flexibility index (Phi) is 2.78. The summed E-state index contributed by atoms with van der Waals surface area (Å²) in [5.41, 5.74) is 8.63. The van der Waals surface area contributed by atoms with E-state index in [4.69, 9.17) is 5.73 Å². The molecule has 2 aromatic heterocycles. The van der Waals surface area contributed by atoms with Crippen LogP contribution >= 0.6 is 0 Å². The summed E-state index contributed by atoms with van der Waals surface area (Å²) in [5.74, 6) is 0. The van der Waals surface area contributed by atoms with Crippen molar-refractivity contribution < 1.29 is 0 Å². The fourth-order valence-electron chi connectivity index (χ4n) is 2.01. The number of para-hydroxylation sites is 1. The molecular weight excluding hydrogens is 224 g/mol. The molecule has 0 amide bonds. The summed E-state index contributed by atoms with van der Waals surface area (Å²) in [6, 6.07) is 10.3. The van der Waals surface area contributed by atoms with Gasteiger partial charge in [-0.1, -0.05) is 18.2 Å². The molecule has 4 heteroatoms. The van der Waals surface area contributed by atoms with E-state index >= 15 is 0 Å². The van der Waals surface area contributed by atoms with Crippen LogP contribution < -0.4 is 5.73 Å². The smallest absolute Gasteiger partial charge is 0.0953 e. The predicted octanol–water partition coefficient (Wildman–Crippen LogP) is 1.94. The van der Waals surface area contributed by atoms with Gasteiger partial charge in [0.2, 0.25) is 0 Å². The van der Waals surface area contributed by atoms with Crippen molar-refractivity contribution in [3.8, 4) is 0 Å². The molecule has 0 atom stereocenters. The Morgan fingerprint density at radius 1 is 1.17 bits per heavy atom. The lowest BCUT2D eigenvalue weighted by molar-refractivity contribution is 0.794. The van der Waals surface area contributed by atoms with Gasteiger partial charge in [0.15, 0.2) is 0 Å². The Labute approximate surface area is 105 Å². The van der Waals surface area contributed by atoms with E-state index in [2.05, 4.69) is 22.1 Å². The van der Waals surface area contributed by atoms with Crippen LogP contribution in [0.1, 0.15) is 11.3 Å². The molecule has 3 aromatic rings. The summed E-state index contributed by atoms with van der Waals surface area (Å²) in [4.78, 5) is 8.66. The van der Waals surface area contributed by atoms with E-state index in [1.54, 1.807) is 6.33 Å². The normalized spacial score (nSPS) is 10.9. The molecular formula is C14H14N4. The third kappa shape index (κ3) is 2.10. The van der Waals surface area contributed by atoms with Crippen LogP contribution in [0, 0.1) is 0 Å². The first-order valence-corrected chi connectivity index (χ1v) is 5.89. The summed E-state index contributed by atoms with van der Waals surface area (Å²) in [6.45, 7) is 1.24. The molecule has 3 rings (SSSR count). The summed E-state index contributed by atoms with van der Waals surface area (Å²) in [5, 5.41) is 1.16. The lowest BCUT2D eigenvalue weighted by atomic mass is 10.1. The Bertz CT molecular complexity index is 672. The molecule has 18 heavy (non-hydrogen) atoms. The van der Waals surface area contributed by atoms with Crippen LogP contribution in [-0.4, -0.2) is 14.5 Å². The van der Waals surface area contributed by atoms with E-state index in [0.29, 0.717) is 6.54 Å². The first-order valence-electron chi connectivity index (χ1n) is 5.89. The first kappa shape index (κ1) is 10.9. The molecule has 0 bridgehead atoms. The van der Waals surface area contributed by atoms with Crippen LogP contribution in [0.15, 0.2) is 49.1 Å². The van der Waals surface area contributed by atoms with Crippen LogP contribution in [0.2, 0.25) is 0 Å². The van der Waals surface area contributed by atoms with Crippen molar-refractivity contribution in [2.75, 3.05) is 0 Å². The number of pyridine rings is 1. The molecule has 1 aromatic carbocycles. The summed E-state index contributed by atoms with van der Waals surface area (Å²) in [7, 11) is 0. The maximum Gasteiger partial charge on any atom is 0.0953 e. The maximum absolute atomic E-state index is 5.54. The van der Waals surface area contributed by atoms with E-state index in [1.807, 2.05) is 35.2 Å². The second kappa shape index (κ2) is 4.58. The summed E-state index contributed by atoms with van der Waals surface area (Å²) >= 11 is 0. The zero-order valence-corrected chi connectivity index (χ0v) is 9.95. The third-order valence-electron chi connectivity index (χ3n) is 2.91. The van der Waals surface area contributed by atoms with Crippen molar-refractivity contribution >= 4 is 10.9 Å². The molecule has 2 heterocycles. The van der Waals surface area contributed by atoms with Crippen LogP contribution in [0.3, 0.4) is 0 Å². The second-order valence-electron chi connectivity index (χ2n) is 4.28. The van der Waals surface area contributed by atoms with Crippen molar-refractivity contribution in [3.63, 3.8) is 0 Å². The lowest BCUT2D eigenvalue weighted by Crippen LogP contribution is -1.98. The van der Waals surface area contributed by atoms with Gasteiger partial charge in [-0.15, -0.1) is 0 Å². The molecule has 0 unspecified atom stereocenters. The van der Waals surface area contributed by atoms with E-state index in [0.717, 1.165) is 28.7 Å². The number of benzene rings is 1. The molecule has 0 aliphatic rings. The number of aromatic nitrogens is 3. The van der Waals surface area contributed by atoms with Gasteiger partial charge in [-0.3, -0.25) is 4.98 Å². The minimum atomic E-state index is 0.475. The number of imidazole rings is 1. The Morgan fingerprint density at radius 3 is 2.89 bits per heavy atom. The standard InChI is InChI=1S/C14H14N4/c15-6-13-9-18(10-17-13)8-11-5-12-3-1-2-4-14(12)16-7-11/h1-5,7,9-10H,6,8,15H2. The van der Waals surface area contributed by atoms with E-state index in [-0.39, 0.29) is 0 Å².